The van der Waals surface area contributed by atoms with Crippen LogP contribution in [0.4, 0.5) is 20.3 Å². The average molecular weight is 400 g/mol. The number of hydrogen-bond acceptors (Lipinski definition) is 5. The number of aromatic nitrogens is 3. The Labute approximate surface area is 167 Å². The molecule has 9 heteroatoms. The molecular weight excluding hydrogens is 378 g/mol. The van der Waals surface area contributed by atoms with Gasteiger partial charge in [0.1, 0.15) is 17.3 Å². The van der Waals surface area contributed by atoms with Gasteiger partial charge in [0.05, 0.1) is 18.2 Å². The van der Waals surface area contributed by atoms with E-state index in [1.165, 1.54) is 23.1 Å². The maximum atomic E-state index is 15.1. The third kappa shape index (κ3) is 3.83. The summed E-state index contributed by atoms with van der Waals surface area (Å²) in [6.45, 7) is 5.15. The van der Waals surface area contributed by atoms with Crippen molar-refractivity contribution in [2.24, 2.45) is 0 Å². The van der Waals surface area contributed by atoms with Gasteiger partial charge in [0.15, 0.2) is 5.82 Å². The van der Waals surface area contributed by atoms with E-state index in [0.29, 0.717) is 24.2 Å². The van der Waals surface area contributed by atoms with Gasteiger partial charge < -0.3 is 10.6 Å². The summed E-state index contributed by atoms with van der Waals surface area (Å²) in [6, 6.07) is 4.76. The van der Waals surface area contributed by atoms with Gasteiger partial charge in [0.2, 0.25) is 5.95 Å². The quantitative estimate of drug-likeness (QED) is 0.718. The lowest BCUT2D eigenvalue weighted by Gasteiger charge is -2.39. The first-order chi connectivity index (χ1) is 13.9. The summed E-state index contributed by atoms with van der Waals surface area (Å²) in [7, 11) is 0. The smallest absolute Gasteiger partial charge is 0.260 e. The van der Waals surface area contributed by atoms with E-state index in [2.05, 4.69) is 33.4 Å². The second-order valence-corrected chi connectivity index (χ2v) is 7.04. The number of nitrogens with zero attached hydrogens (tertiary/aromatic N) is 4. The van der Waals surface area contributed by atoms with Crippen molar-refractivity contribution in [1.29, 1.82) is 5.26 Å². The molecule has 2 aromatic rings. The number of halogens is 2. The minimum absolute atomic E-state index is 0.0669. The average Bonchev–Trinajstić information content (AvgIpc) is 3.00. The van der Waals surface area contributed by atoms with Crippen LogP contribution in [0.2, 0.25) is 0 Å². The molecule has 1 amide bonds. The number of pyridine rings is 1. The van der Waals surface area contributed by atoms with Gasteiger partial charge in [-0.05, 0) is 32.0 Å². The van der Waals surface area contributed by atoms with Crippen LogP contribution >= 0.6 is 0 Å². The Morgan fingerprint density at radius 1 is 1.55 bits per heavy atom. The molecule has 29 heavy (non-hydrogen) atoms. The van der Waals surface area contributed by atoms with Crippen molar-refractivity contribution in [1.82, 2.24) is 20.1 Å². The number of carbonyl (C=O) groups excluding carboxylic acids is 1. The van der Waals surface area contributed by atoms with Crippen molar-refractivity contribution in [3.05, 3.63) is 48.3 Å². The van der Waals surface area contributed by atoms with E-state index in [-0.39, 0.29) is 17.8 Å². The number of hydrogen-bond donors (Lipinski definition) is 2. The number of nitrogens with one attached hydrogen (secondary N) is 2. The Bertz CT molecular complexity index is 966. The van der Waals surface area contributed by atoms with Crippen molar-refractivity contribution in [3.8, 4) is 6.07 Å². The molecule has 2 atom stereocenters. The zero-order valence-electron chi connectivity index (χ0n) is 16.1. The summed E-state index contributed by atoms with van der Waals surface area (Å²) in [5.41, 5.74) is -0.216. The fourth-order valence-electron chi connectivity index (χ4n) is 3.91. The minimum atomic E-state index is -1.27. The Morgan fingerprint density at radius 3 is 3.00 bits per heavy atom. The van der Waals surface area contributed by atoms with Gasteiger partial charge in [-0.1, -0.05) is 19.4 Å². The van der Waals surface area contributed by atoms with E-state index in [4.69, 9.17) is 0 Å². The van der Waals surface area contributed by atoms with Gasteiger partial charge in [-0.15, -0.1) is 0 Å². The normalized spacial score (nSPS) is 21.2. The molecule has 1 aliphatic rings. The largest absolute Gasteiger partial charge is 0.338 e. The number of amides is 1. The van der Waals surface area contributed by atoms with Crippen molar-refractivity contribution >= 4 is 17.4 Å². The molecule has 1 aliphatic carbocycles. The zero-order valence-corrected chi connectivity index (χ0v) is 16.1. The van der Waals surface area contributed by atoms with Crippen LogP contribution in [-0.2, 0) is 5.54 Å². The van der Waals surface area contributed by atoms with Crippen molar-refractivity contribution < 1.29 is 13.6 Å². The molecule has 1 saturated carbocycles. The van der Waals surface area contributed by atoms with Gasteiger partial charge >= 0.3 is 0 Å². The van der Waals surface area contributed by atoms with E-state index < -0.39 is 23.6 Å². The lowest BCUT2D eigenvalue weighted by atomic mass is 9.78. The Hall–Kier alpha value is -3.28. The Kier molecular flexibility index (Phi) is 5.92. The maximum absolute atomic E-state index is 15.1. The monoisotopic (exact) mass is 400 g/mol. The highest BCUT2D eigenvalue weighted by atomic mass is 19.1. The second-order valence-electron chi connectivity index (χ2n) is 7.04. The molecule has 0 aromatic carbocycles. The molecule has 1 unspecified atom stereocenters. The fraction of sp³-hybridized carbons (Fsp3) is 0.400. The molecule has 0 radical (unpaired) electrons. The molecule has 152 valence electrons. The fourth-order valence-corrected chi connectivity index (χ4v) is 3.91. The zero-order chi connectivity index (χ0) is 21.0. The first-order valence-corrected chi connectivity index (χ1v) is 9.34. The highest BCUT2D eigenvalue weighted by Crippen LogP contribution is 2.42. The summed E-state index contributed by atoms with van der Waals surface area (Å²) in [5, 5.41) is 19.3. The second kappa shape index (κ2) is 8.39. The molecule has 0 spiro atoms. The van der Waals surface area contributed by atoms with E-state index in [1.54, 1.807) is 6.92 Å². The van der Waals surface area contributed by atoms with Crippen LogP contribution in [0.5, 0.6) is 0 Å². The molecule has 2 aromatic heterocycles. The third-order valence-corrected chi connectivity index (χ3v) is 5.27. The number of anilines is 2. The van der Waals surface area contributed by atoms with Gasteiger partial charge in [0, 0.05) is 18.0 Å². The minimum Gasteiger partial charge on any atom is -0.338 e. The summed E-state index contributed by atoms with van der Waals surface area (Å²) < 4.78 is 30.1. The van der Waals surface area contributed by atoms with Crippen LogP contribution in [0.15, 0.2) is 31.1 Å². The summed E-state index contributed by atoms with van der Waals surface area (Å²) >= 11 is 0. The molecular formula is C20H22F2N6O. The van der Waals surface area contributed by atoms with Crippen molar-refractivity contribution in [2.75, 3.05) is 5.32 Å². The molecule has 1 fully saturated rings. The molecule has 2 heterocycles. The summed E-state index contributed by atoms with van der Waals surface area (Å²) in [5.74, 6) is -1.04. The summed E-state index contributed by atoms with van der Waals surface area (Å²) in [4.78, 5) is 16.2. The van der Waals surface area contributed by atoms with Gasteiger partial charge in [-0.25, -0.2) is 9.37 Å². The SMILES string of the molecule is C=CNC(=O)c1c(Nc2ccnc(F)c2)nn(C2(CC#N)CCCC[C@H]2F)c1C. The van der Waals surface area contributed by atoms with Gasteiger partial charge in [0.25, 0.3) is 5.91 Å². The standard InChI is InChI=1S/C20H22F2N6O/c1-3-24-19(29)17-13(2)28(20(9-10-23)8-5-4-6-15(20)21)27-18(17)26-14-7-11-25-16(22)12-14/h3,7,11-12,15H,1,4-6,8-9H2,2H3,(H,24,29)(H,25,26,27)/t15-,20?/m1/s1. The summed E-state index contributed by atoms with van der Waals surface area (Å²) in [6.07, 6.45) is 3.44. The van der Waals surface area contributed by atoms with E-state index in [0.717, 1.165) is 18.9 Å². The number of rotatable bonds is 6. The van der Waals surface area contributed by atoms with Crippen molar-refractivity contribution in [3.63, 3.8) is 0 Å². The van der Waals surface area contributed by atoms with Crippen LogP contribution in [0.1, 0.15) is 48.2 Å². The lowest BCUT2D eigenvalue weighted by molar-refractivity contribution is 0.0551. The predicted molar refractivity (Wildman–Crippen MR) is 104 cm³/mol. The lowest BCUT2D eigenvalue weighted by Crippen LogP contribution is -2.46. The van der Waals surface area contributed by atoms with E-state index >= 15 is 4.39 Å². The first-order valence-electron chi connectivity index (χ1n) is 9.34. The van der Waals surface area contributed by atoms with E-state index in [9.17, 15) is 14.4 Å². The van der Waals surface area contributed by atoms with Crippen LogP contribution in [0, 0.1) is 24.2 Å². The Balaban J connectivity index is 2.14. The van der Waals surface area contributed by atoms with E-state index in [1.807, 2.05) is 0 Å². The number of nitriles is 1. The maximum Gasteiger partial charge on any atom is 0.260 e. The van der Waals surface area contributed by atoms with Crippen LogP contribution in [-0.4, -0.2) is 26.8 Å². The first kappa shape index (κ1) is 20.5. The van der Waals surface area contributed by atoms with Crippen LogP contribution in [0.3, 0.4) is 0 Å². The molecule has 0 saturated heterocycles. The highest BCUT2D eigenvalue weighted by Gasteiger charge is 2.45. The number of carbonyl (C=O) groups is 1. The topological polar surface area (TPSA) is 95.6 Å². The van der Waals surface area contributed by atoms with Crippen LogP contribution in [0.25, 0.3) is 0 Å². The molecule has 7 nitrogen and oxygen atoms in total. The van der Waals surface area contributed by atoms with Crippen molar-refractivity contribution in [2.45, 2.75) is 50.7 Å². The molecule has 3 rings (SSSR count). The highest BCUT2D eigenvalue weighted by molar-refractivity contribution is 6.01. The molecule has 0 aliphatic heterocycles. The van der Waals surface area contributed by atoms with Gasteiger partial charge in [-0.3, -0.25) is 9.48 Å². The predicted octanol–water partition coefficient (Wildman–Crippen LogP) is 3.86. The number of alkyl halides is 1. The Morgan fingerprint density at radius 2 is 2.34 bits per heavy atom. The molecule has 0 bridgehead atoms. The third-order valence-electron chi connectivity index (χ3n) is 5.27. The molecule has 2 N–H and O–H groups in total. The van der Waals surface area contributed by atoms with Gasteiger partial charge in [-0.2, -0.15) is 14.8 Å². The van der Waals surface area contributed by atoms with Crippen LogP contribution < -0.4 is 10.6 Å².